The summed E-state index contributed by atoms with van der Waals surface area (Å²) in [5, 5.41) is 12.3. The molecule has 2 amide bonds. The van der Waals surface area contributed by atoms with Crippen LogP contribution in [0.4, 0.5) is 9.18 Å². The fourth-order valence-corrected chi connectivity index (χ4v) is 4.48. The summed E-state index contributed by atoms with van der Waals surface area (Å²) in [6.07, 6.45) is 4.21. The van der Waals surface area contributed by atoms with Gasteiger partial charge in [0.15, 0.2) is 0 Å². The van der Waals surface area contributed by atoms with Crippen molar-refractivity contribution < 1.29 is 18.7 Å². The lowest BCUT2D eigenvalue weighted by atomic mass is 9.99. The molecule has 2 bridgehead atoms. The normalized spacial score (nSPS) is 19.6. The molecule has 2 aromatic rings. The number of carbonyl (C=O) groups excluding carboxylic acids is 2. The minimum atomic E-state index is -0.990. The molecule has 1 aromatic carbocycles. The van der Waals surface area contributed by atoms with E-state index in [1.165, 1.54) is 23.2 Å². The minimum Gasteiger partial charge on any atom is -0.444 e. The molecule has 0 fully saturated rings. The molecule has 1 aromatic heterocycles. The van der Waals surface area contributed by atoms with E-state index in [2.05, 4.69) is 10.3 Å². The van der Waals surface area contributed by atoms with Gasteiger partial charge in [-0.25, -0.2) is 9.18 Å². The molecule has 3 atom stereocenters. The number of rotatable bonds is 5. The molecule has 2 aliphatic rings. The maximum Gasteiger partial charge on any atom is 0.411 e. The summed E-state index contributed by atoms with van der Waals surface area (Å²) >= 11 is 0. The van der Waals surface area contributed by atoms with E-state index in [1.807, 2.05) is 12.1 Å². The zero-order chi connectivity index (χ0) is 25.3. The number of hydrogen-bond acceptors (Lipinski definition) is 5. The molecule has 2 N–H and O–H groups in total. The Hall–Kier alpha value is -3.93. The third-order valence-corrected chi connectivity index (χ3v) is 6.04. The highest BCUT2D eigenvalue weighted by atomic mass is 19.1. The third kappa shape index (κ3) is 5.27. The molecule has 1 aliphatic carbocycles. The summed E-state index contributed by atoms with van der Waals surface area (Å²) in [4.78, 5) is 41.1. The largest absolute Gasteiger partial charge is 0.444 e. The molecule has 35 heavy (non-hydrogen) atoms. The van der Waals surface area contributed by atoms with Gasteiger partial charge in [-0.1, -0.05) is 18.2 Å². The van der Waals surface area contributed by atoms with E-state index in [-0.39, 0.29) is 23.6 Å². The average Bonchev–Trinajstić information content (AvgIpc) is 3.41. The van der Waals surface area contributed by atoms with Crippen molar-refractivity contribution in [2.24, 2.45) is 0 Å². The molecular formula is C26H27FN4O4. The molecule has 0 spiro atoms. The van der Waals surface area contributed by atoms with Gasteiger partial charge in [-0.2, -0.15) is 5.26 Å². The molecule has 4 rings (SSSR count). The van der Waals surface area contributed by atoms with Crippen LogP contribution in [0.1, 0.15) is 39.2 Å². The van der Waals surface area contributed by atoms with Gasteiger partial charge < -0.3 is 15.0 Å². The van der Waals surface area contributed by atoms with Crippen molar-refractivity contribution in [2.45, 2.75) is 63.8 Å². The van der Waals surface area contributed by atoms with Crippen LogP contribution in [0.25, 0.3) is 11.1 Å². The number of hydrogen-bond donors (Lipinski definition) is 2. The van der Waals surface area contributed by atoms with Crippen molar-refractivity contribution in [3.05, 3.63) is 69.9 Å². The number of carbonyl (C=O) groups is 2. The molecule has 0 radical (unpaired) electrons. The predicted octanol–water partition coefficient (Wildman–Crippen LogP) is 3.44. The second-order valence-electron chi connectivity index (χ2n) is 9.78. The van der Waals surface area contributed by atoms with E-state index in [1.54, 1.807) is 39.0 Å². The highest BCUT2D eigenvalue weighted by Crippen LogP contribution is 2.38. The number of halogens is 1. The van der Waals surface area contributed by atoms with Crippen LogP contribution in [0.15, 0.2) is 53.0 Å². The van der Waals surface area contributed by atoms with Crippen LogP contribution in [-0.2, 0) is 16.0 Å². The number of aromatic amines is 1. The Bertz CT molecular complexity index is 1270. The van der Waals surface area contributed by atoms with Gasteiger partial charge in [-0.3, -0.25) is 14.5 Å². The molecule has 2 heterocycles. The molecule has 1 aliphatic heterocycles. The number of H-pyrrole nitrogens is 1. The van der Waals surface area contributed by atoms with E-state index in [0.29, 0.717) is 17.5 Å². The van der Waals surface area contributed by atoms with Crippen LogP contribution < -0.4 is 10.9 Å². The Balaban J connectivity index is 1.46. The van der Waals surface area contributed by atoms with Crippen molar-refractivity contribution in [1.82, 2.24) is 15.2 Å². The Labute approximate surface area is 202 Å². The summed E-state index contributed by atoms with van der Waals surface area (Å²) in [5.41, 5.74) is 1.34. The second-order valence-corrected chi connectivity index (χ2v) is 9.78. The lowest BCUT2D eigenvalue weighted by Crippen LogP contribution is -2.55. The van der Waals surface area contributed by atoms with Crippen LogP contribution >= 0.6 is 0 Å². The predicted molar refractivity (Wildman–Crippen MR) is 127 cm³/mol. The van der Waals surface area contributed by atoms with Crippen molar-refractivity contribution in [1.29, 1.82) is 5.26 Å². The van der Waals surface area contributed by atoms with Crippen LogP contribution in [0.5, 0.6) is 0 Å². The Morgan fingerprint density at radius 3 is 2.66 bits per heavy atom. The van der Waals surface area contributed by atoms with E-state index in [0.717, 1.165) is 12.0 Å². The van der Waals surface area contributed by atoms with Gasteiger partial charge in [0.1, 0.15) is 23.5 Å². The number of fused-ring (bicyclic) bond motifs is 1. The number of aromatic nitrogens is 1. The van der Waals surface area contributed by atoms with Crippen LogP contribution in [0, 0.1) is 17.1 Å². The number of nitriles is 1. The van der Waals surface area contributed by atoms with Gasteiger partial charge in [-0.05, 0) is 68.0 Å². The van der Waals surface area contributed by atoms with Crippen molar-refractivity contribution in [2.75, 3.05) is 0 Å². The Morgan fingerprint density at radius 1 is 1.29 bits per heavy atom. The minimum absolute atomic E-state index is 0.0401. The molecule has 9 heteroatoms. The van der Waals surface area contributed by atoms with Crippen LogP contribution in [0.2, 0.25) is 0 Å². The number of pyridine rings is 1. The van der Waals surface area contributed by atoms with Gasteiger partial charge in [0.2, 0.25) is 11.5 Å². The summed E-state index contributed by atoms with van der Waals surface area (Å²) in [5.74, 6) is -1.01. The van der Waals surface area contributed by atoms with Crippen molar-refractivity contribution in [3.8, 4) is 17.2 Å². The highest BCUT2D eigenvalue weighted by Gasteiger charge is 2.47. The quantitative estimate of drug-likeness (QED) is 0.639. The number of ether oxygens (including phenoxy) is 1. The number of amides is 2. The van der Waals surface area contributed by atoms with Gasteiger partial charge in [0.25, 0.3) is 0 Å². The molecular weight excluding hydrogens is 451 g/mol. The van der Waals surface area contributed by atoms with E-state index < -0.39 is 35.5 Å². The van der Waals surface area contributed by atoms with Gasteiger partial charge >= 0.3 is 6.09 Å². The monoisotopic (exact) mass is 478 g/mol. The molecule has 3 unspecified atom stereocenters. The van der Waals surface area contributed by atoms with Gasteiger partial charge in [-0.15, -0.1) is 0 Å². The first-order valence-electron chi connectivity index (χ1n) is 11.4. The Morgan fingerprint density at radius 2 is 2.03 bits per heavy atom. The number of nitrogens with zero attached hydrogens (tertiary/aromatic N) is 2. The zero-order valence-electron chi connectivity index (χ0n) is 19.8. The summed E-state index contributed by atoms with van der Waals surface area (Å²) < 4.78 is 20.3. The highest BCUT2D eigenvalue weighted by molar-refractivity contribution is 5.91. The first-order valence-corrected chi connectivity index (χ1v) is 11.4. The zero-order valence-corrected chi connectivity index (χ0v) is 19.8. The first kappa shape index (κ1) is 24.2. The third-order valence-electron chi connectivity index (χ3n) is 6.04. The van der Waals surface area contributed by atoms with E-state index in [4.69, 9.17) is 4.74 Å². The molecule has 0 saturated heterocycles. The summed E-state index contributed by atoms with van der Waals surface area (Å²) in [6, 6.07) is 7.49. The lowest BCUT2D eigenvalue weighted by molar-refractivity contribution is -0.126. The molecule has 182 valence electrons. The number of nitrogens with one attached hydrogen (secondary N) is 2. The number of likely N-dealkylation sites (tertiary alicyclic amines) is 1. The maximum absolute atomic E-state index is 14.8. The number of piperidine rings is 1. The summed E-state index contributed by atoms with van der Waals surface area (Å²) in [6.45, 7) is 5.27. The average molecular weight is 479 g/mol. The maximum atomic E-state index is 14.8. The lowest BCUT2D eigenvalue weighted by Gasteiger charge is -2.36. The second kappa shape index (κ2) is 9.37. The van der Waals surface area contributed by atoms with E-state index in [9.17, 15) is 24.0 Å². The Kier molecular flexibility index (Phi) is 6.48. The summed E-state index contributed by atoms with van der Waals surface area (Å²) in [7, 11) is 0. The van der Waals surface area contributed by atoms with Crippen molar-refractivity contribution in [3.63, 3.8) is 0 Å². The van der Waals surface area contributed by atoms with Gasteiger partial charge in [0, 0.05) is 18.7 Å². The standard InChI is InChI=1S/C26H27FN4O4/c1-26(2,3)35-25(34)31-20-8-6-17(11-20)23(31)24(33)30-19(13-28)10-16-5-4-15(12-21(16)27)18-7-9-22(32)29-14-18/h4-5,7,9,11-12,14,19-20,23H,6,8,10H2,1-3H3,(H,29,32)(H,30,33). The molecule has 8 nitrogen and oxygen atoms in total. The fourth-order valence-electron chi connectivity index (χ4n) is 4.48. The number of benzene rings is 1. The van der Waals surface area contributed by atoms with Crippen LogP contribution in [-0.4, -0.2) is 45.6 Å². The topological polar surface area (TPSA) is 115 Å². The SMILES string of the molecule is CC(C)(C)OC(=O)N1C2C=C(CC2)C1C(=O)NC(C#N)Cc1ccc(-c2ccc(=O)[nH]c2)cc1F. The smallest absolute Gasteiger partial charge is 0.411 e. The van der Waals surface area contributed by atoms with Crippen LogP contribution in [0.3, 0.4) is 0 Å². The van der Waals surface area contributed by atoms with Gasteiger partial charge in [0.05, 0.1) is 12.1 Å². The van der Waals surface area contributed by atoms with Crippen molar-refractivity contribution >= 4 is 12.0 Å². The molecule has 0 saturated carbocycles. The first-order chi connectivity index (χ1) is 16.6. The fraction of sp³-hybridized carbons (Fsp3) is 0.385. The van der Waals surface area contributed by atoms with E-state index >= 15 is 0 Å².